The summed E-state index contributed by atoms with van der Waals surface area (Å²) in [5, 5.41) is 1.90. The highest BCUT2D eigenvalue weighted by atomic mass is 16.6. The Morgan fingerprint density at radius 3 is 2.68 bits per heavy atom. The lowest BCUT2D eigenvalue weighted by molar-refractivity contribution is -0.151. The third kappa shape index (κ3) is 1.70. The van der Waals surface area contributed by atoms with E-state index in [1.165, 1.54) is 0 Å². The molecule has 0 fully saturated rings. The van der Waals surface area contributed by atoms with Gasteiger partial charge in [-0.05, 0) is 12.3 Å². The number of Topliss-reactive ketones (excluding diaryl/α,β-unsaturated/α-hetero) is 1. The van der Waals surface area contributed by atoms with Crippen molar-refractivity contribution >= 4 is 28.3 Å². The number of carbonyl (C=O) groups excluding carboxylic acids is 2. The van der Waals surface area contributed by atoms with Gasteiger partial charge in [0.25, 0.3) is 0 Å². The first-order chi connectivity index (χ1) is 10.7. The zero-order valence-electron chi connectivity index (χ0n) is 12.1. The Hall–Kier alpha value is -2.62. The number of hydrogen-bond acceptors (Lipinski definition) is 4. The highest BCUT2D eigenvalue weighted by Gasteiger charge is 2.39. The minimum Gasteiger partial charge on any atom is -0.477 e. The van der Waals surface area contributed by atoms with Gasteiger partial charge >= 0.3 is 5.97 Å². The van der Waals surface area contributed by atoms with Crippen LogP contribution in [0.25, 0.3) is 16.5 Å². The molecule has 1 aliphatic carbocycles. The van der Waals surface area contributed by atoms with Crippen LogP contribution in [0, 0.1) is 0 Å². The molecule has 0 radical (unpaired) electrons. The fourth-order valence-electron chi connectivity index (χ4n) is 3.20. The van der Waals surface area contributed by atoms with Crippen LogP contribution in [-0.4, -0.2) is 24.5 Å². The molecule has 0 saturated carbocycles. The molecule has 0 N–H and O–H groups in total. The van der Waals surface area contributed by atoms with Gasteiger partial charge in [0.2, 0.25) is 0 Å². The molecule has 0 aromatic heterocycles. The van der Waals surface area contributed by atoms with Crippen molar-refractivity contribution in [3.63, 3.8) is 0 Å². The van der Waals surface area contributed by atoms with E-state index in [1.807, 2.05) is 36.4 Å². The van der Waals surface area contributed by atoms with Crippen LogP contribution in [0.1, 0.15) is 29.3 Å². The van der Waals surface area contributed by atoms with E-state index in [1.54, 1.807) is 6.92 Å². The predicted octanol–water partition coefficient (Wildman–Crippen LogP) is 3.10. The van der Waals surface area contributed by atoms with Crippen LogP contribution in [0.15, 0.2) is 42.0 Å². The largest absolute Gasteiger partial charge is 0.477 e. The van der Waals surface area contributed by atoms with Gasteiger partial charge in [0, 0.05) is 28.5 Å². The molecule has 0 spiro atoms. The van der Waals surface area contributed by atoms with E-state index in [-0.39, 0.29) is 12.2 Å². The predicted molar refractivity (Wildman–Crippen MR) is 81.3 cm³/mol. The van der Waals surface area contributed by atoms with Gasteiger partial charge in [-0.15, -0.1) is 0 Å². The number of ether oxygens (including phenoxy) is 2. The van der Waals surface area contributed by atoms with Crippen molar-refractivity contribution in [2.24, 2.45) is 0 Å². The van der Waals surface area contributed by atoms with Crippen LogP contribution in [0.3, 0.4) is 0 Å². The molecule has 22 heavy (non-hydrogen) atoms. The summed E-state index contributed by atoms with van der Waals surface area (Å²) in [5.41, 5.74) is 2.14. The van der Waals surface area contributed by atoms with Crippen molar-refractivity contribution in [3.8, 4) is 0 Å². The van der Waals surface area contributed by atoms with Gasteiger partial charge < -0.3 is 9.47 Å². The Labute approximate surface area is 127 Å². The normalized spacial score (nSPS) is 19.1. The molecule has 0 bridgehead atoms. The first kappa shape index (κ1) is 13.1. The maximum absolute atomic E-state index is 12.7. The summed E-state index contributed by atoms with van der Waals surface area (Å²) in [6, 6.07) is 11.5. The van der Waals surface area contributed by atoms with Crippen molar-refractivity contribution in [1.29, 1.82) is 0 Å². The Bertz CT molecular complexity index is 842. The van der Waals surface area contributed by atoms with Crippen LogP contribution >= 0.6 is 0 Å². The fraction of sp³-hybridized carbons (Fsp3) is 0.222. The SMILES string of the molecule is CCOC(=O)C1CC2=C(O1)c1cccc3cccc(c13)C2=O. The van der Waals surface area contributed by atoms with Crippen LogP contribution in [0.5, 0.6) is 0 Å². The number of fused-ring (bicyclic) bond motifs is 1. The Morgan fingerprint density at radius 1 is 1.23 bits per heavy atom. The molecule has 1 unspecified atom stereocenters. The molecule has 4 rings (SSSR count). The van der Waals surface area contributed by atoms with Gasteiger partial charge in [-0.3, -0.25) is 4.79 Å². The van der Waals surface area contributed by atoms with Crippen molar-refractivity contribution in [2.45, 2.75) is 19.4 Å². The maximum Gasteiger partial charge on any atom is 0.347 e. The summed E-state index contributed by atoms with van der Waals surface area (Å²) in [6.07, 6.45) is -0.448. The van der Waals surface area contributed by atoms with Crippen molar-refractivity contribution in [1.82, 2.24) is 0 Å². The molecular formula is C18H14O4. The van der Waals surface area contributed by atoms with E-state index in [0.717, 1.165) is 16.3 Å². The van der Waals surface area contributed by atoms with Crippen molar-refractivity contribution in [3.05, 3.63) is 53.1 Å². The van der Waals surface area contributed by atoms with Gasteiger partial charge in [0.1, 0.15) is 5.76 Å². The summed E-state index contributed by atoms with van der Waals surface area (Å²) in [5.74, 6) is 0.0689. The quantitative estimate of drug-likeness (QED) is 0.799. The molecule has 0 saturated heterocycles. The Kier molecular flexibility index (Phi) is 2.79. The molecule has 1 aliphatic heterocycles. The second-order valence-electron chi connectivity index (χ2n) is 5.41. The van der Waals surface area contributed by atoms with E-state index in [2.05, 4.69) is 0 Å². The van der Waals surface area contributed by atoms with Crippen LogP contribution in [0.2, 0.25) is 0 Å². The molecule has 2 aromatic rings. The first-order valence-corrected chi connectivity index (χ1v) is 7.34. The van der Waals surface area contributed by atoms with E-state index < -0.39 is 12.1 Å². The fourth-order valence-corrected chi connectivity index (χ4v) is 3.20. The van der Waals surface area contributed by atoms with E-state index in [0.29, 0.717) is 23.5 Å². The average molecular weight is 294 g/mol. The highest BCUT2D eigenvalue weighted by Crippen LogP contribution is 2.43. The molecule has 110 valence electrons. The Balaban J connectivity index is 1.84. The standard InChI is InChI=1S/C18H14O4/c1-2-21-18(20)14-9-13-16(19)11-7-3-5-10-6-4-8-12(15(10)11)17(13)22-14/h3-8,14H,2,9H2,1H3. The van der Waals surface area contributed by atoms with E-state index in [9.17, 15) is 9.59 Å². The zero-order valence-corrected chi connectivity index (χ0v) is 12.1. The van der Waals surface area contributed by atoms with Crippen LogP contribution in [-0.2, 0) is 14.3 Å². The summed E-state index contributed by atoms with van der Waals surface area (Å²) >= 11 is 0. The Morgan fingerprint density at radius 2 is 1.95 bits per heavy atom. The topological polar surface area (TPSA) is 52.6 Å². The molecule has 2 aliphatic rings. The lowest BCUT2D eigenvalue weighted by Crippen LogP contribution is -2.23. The maximum atomic E-state index is 12.7. The number of ketones is 1. The van der Waals surface area contributed by atoms with E-state index >= 15 is 0 Å². The summed E-state index contributed by atoms with van der Waals surface area (Å²) in [6.45, 7) is 2.05. The zero-order chi connectivity index (χ0) is 15.3. The molecule has 2 aromatic carbocycles. The molecule has 0 amide bonds. The lowest BCUT2D eigenvalue weighted by atomic mass is 9.86. The monoisotopic (exact) mass is 294 g/mol. The van der Waals surface area contributed by atoms with Gasteiger partial charge in [-0.1, -0.05) is 36.4 Å². The molecule has 4 heteroatoms. The number of hydrogen-bond donors (Lipinski definition) is 0. The molecule has 1 atom stereocenters. The third-order valence-electron chi connectivity index (χ3n) is 4.14. The van der Waals surface area contributed by atoms with Crippen molar-refractivity contribution in [2.75, 3.05) is 6.61 Å². The average Bonchev–Trinajstić information content (AvgIpc) is 2.98. The first-order valence-electron chi connectivity index (χ1n) is 7.34. The van der Waals surface area contributed by atoms with E-state index in [4.69, 9.17) is 9.47 Å². The van der Waals surface area contributed by atoms with Crippen LogP contribution in [0.4, 0.5) is 0 Å². The number of benzene rings is 2. The third-order valence-corrected chi connectivity index (χ3v) is 4.14. The van der Waals surface area contributed by atoms with Gasteiger partial charge in [0.05, 0.1) is 6.61 Å². The van der Waals surface area contributed by atoms with Gasteiger partial charge in [-0.25, -0.2) is 4.79 Å². The lowest BCUT2D eigenvalue weighted by Gasteiger charge is -2.17. The second kappa shape index (κ2) is 4.70. The summed E-state index contributed by atoms with van der Waals surface area (Å²) in [7, 11) is 0. The molecular weight excluding hydrogens is 280 g/mol. The van der Waals surface area contributed by atoms with Crippen molar-refractivity contribution < 1.29 is 19.1 Å². The molecule has 1 heterocycles. The van der Waals surface area contributed by atoms with Gasteiger partial charge in [0.15, 0.2) is 11.9 Å². The second-order valence-corrected chi connectivity index (χ2v) is 5.41. The minimum absolute atomic E-state index is 0.0499. The van der Waals surface area contributed by atoms with Crippen LogP contribution < -0.4 is 0 Å². The minimum atomic E-state index is -0.724. The number of rotatable bonds is 2. The number of carbonyl (C=O) groups is 2. The smallest absolute Gasteiger partial charge is 0.347 e. The summed E-state index contributed by atoms with van der Waals surface area (Å²) in [4.78, 5) is 24.6. The molecule has 4 nitrogen and oxygen atoms in total. The number of esters is 1. The van der Waals surface area contributed by atoms with Gasteiger partial charge in [-0.2, -0.15) is 0 Å². The highest BCUT2D eigenvalue weighted by molar-refractivity contribution is 6.24. The summed E-state index contributed by atoms with van der Waals surface area (Å²) < 4.78 is 10.8.